The van der Waals surface area contributed by atoms with Gasteiger partial charge in [0.15, 0.2) is 0 Å². The Morgan fingerprint density at radius 3 is 2.48 bits per heavy atom. The third-order valence-electron chi connectivity index (χ3n) is 3.05. The number of nitro groups is 1. The minimum absolute atomic E-state index is 0.124. The topological polar surface area (TPSA) is 69.4 Å². The molecule has 0 heterocycles. The Kier molecular flexibility index (Phi) is 4.23. The molecule has 5 nitrogen and oxygen atoms in total. The van der Waals surface area contributed by atoms with Crippen LogP contribution in [0.4, 0.5) is 5.69 Å². The number of aryl methyl sites for hydroxylation is 1. The van der Waals surface area contributed by atoms with Crippen LogP contribution in [0.25, 0.3) is 11.1 Å². The maximum absolute atomic E-state index is 11.6. The van der Waals surface area contributed by atoms with Crippen LogP contribution in [0.5, 0.6) is 0 Å². The maximum atomic E-state index is 11.6. The van der Waals surface area contributed by atoms with Gasteiger partial charge < -0.3 is 4.74 Å². The van der Waals surface area contributed by atoms with E-state index in [0.29, 0.717) is 16.1 Å². The van der Waals surface area contributed by atoms with Gasteiger partial charge in [-0.1, -0.05) is 23.7 Å². The van der Waals surface area contributed by atoms with E-state index in [4.69, 9.17) is 11.6 Å². The van der Waals surface area contributed by atoms with E-state index in [-0.39, 0.29) is 11.3 Å². The molecule has 2 rings (SSSR count). The predicted molar refractivity (Wildman–Crippen MR) is 79.6 cm³/mol. The number of halogens is 1. The normalized spacial score (nSPS) is 10.2. The number of methoxy groups -OCH3 is 1. The molecule has 2 aromatic rings. The lowest BCUT2D eigenvalue weighted by molar-refractivity contribution is -0.384. The van der Waals surface area contributed by atoms with E-state index in [1.165, 1.54) is 19.2 Å². The fourth-order valence-electron chi connectivity index (χ4n) is 1.89. The summed E-state index contributed by atoms with van der Waals surface area (Å²) < 4.78 is 4.62. The summed E-state index contributed by atoms with van der Waals surface area (Å²) in [4.78, 5) is 22.1. The van der Waals surface area contributed by atoms with Gasteiger partial charge in [-0.3, -0.25) is 10.1 Å². The number of carbonyl (C=O) groups excluding carboxylic acids is 1. The average Bonchev–Trinajstić information content (AvgIpc) is 2.48. The molecule has 0 amide bonds. The van der Waals surface area contributed by atoms with Gasteiger partial charge in [0, 0.05) is 17.2 Å². The standard InChI is InChI=1S/C15H12ClNO4/c1-9-3-4-10(8-14(9)16)11-5-12(15(18)21-2)7-13(6-11)17(19)20/h3-8H,1-2H3. The molecule has 0 aliphatic carbocycles. The van der Waals surface area contributed by atoms with Crippen LogP contribution in [0.2, 0.25) is 5.02 Å². The quantitative estimate of drug-likeness (QED) is 0.488. The molecule has 0 unspecified atom stereocenters. The molecular formula is C15H12ClNO4. The molecule has 0 fully saturated rings. The Morgan fingerprint density at radius 2 is 1.90 bits per heavy atom. The van der Waals surface area contributed by atoms with E-state index in [9.17, 15) is 14.9 Å². The highest BCUT2D eigenvalue weighted by atomic mass is 35.5. The maximum Gasteiger partial charge on any atom is 0.338 e. The molecular weight excluding hydrogens is 294 g/mol. The third kappa shape index (κ3) is 3.20. The van der Waals surface area contributed by atoms with Crippen molar-refractivity contribution in [3.63, 3.8) is 0 Å². The Hall–Kier alpha value is -2.40. The Balaban J connectivity index is 2.61. The molecule has 0 aliphatic rings. The summed E-state index contributed by atoms with van der Waals surface area (Å²) in [5.41, 5.74) is 2.08. The van der Waals surface area contributed by atoms with Crippen molar-refractivity contribution in [3.05, 3.63) is 62.7 Å². The first-order valence-corrected chi connectivity index (χ1v) is 6.44. The van der Waals surface area contributed by atoms with E-state index >= 15 is 0 Å². The molecule has 0 radical (unpaired) electrons. The molecule has 108 valence electrons. The number of hydrogen-bond acceptors (Lipinski definition) is 4. The smallest absolute Gasteiger partial charge is 0.338 e. The molecule has 0 N–H and O–H groups in total. The highest BCUT2D eigenvalue weighted by molar-refractivity contribution is 6.31. The van der Waals surface area contributed by atoms with E-state index in [2.05, 4.69) is 4.74 Å². The molecule has 0 aliphatic heterocycles. The van der Waals surface area contributed by atoms with Crippen molar-refractivity contribution in [3.8, 4) is 11.1 Å². The van der Waals surface area contributed by atoms with Gasteiger partial charge in [0.05, 0.1) is 17.6 Å². The summed E-state index contributed by atoms with van der Waals surface area (Å²) in [6.45, 7) is 1.86. The number of benzene rings is 2. The van der Waals surface area contributed by atoms with E-state index in [0.717, 1.165) is 5.56 Å². The molecule has 0 saturated heterocycles. The lowest BCUT2D eigenvalue weighted by Gasteiger charge is -2.07. The number of esters is 1. The lowest BCUT2D eigenvalue weighted by atomic mass is 10.0. The summed E-state index contributed by atoms with van der Waals surface area (Å²) in [5.74, 6) is -0.627. The second-order valence-corrected chi connectivity index (χ2v) is 4.89. The molecule has 0 aromatic heterocycles. The van der Waals surface area contributed by atoms with E-state index < -0.39 is 10.9 Å². The van der Waals surface area contributed by atoms with Gasteiger partial charge in [-0.15, -0.1) is 0 Å². The highest BCUT2D eigenvalue weighted by Crippen LogP contribution is 2.29. The summed E-state index contributed by atoms with van der Waals surface area (Å²) in [5, 5.41) is 11.6. The molecule has 21 heavy (non-hydrogen) atoms. The zero-order valence-electron chi connectivity index (χ0n) is 11.4. The van der Waals surface area contributed by atoms with Crippen LogP contribution >= 0.6 is 11.6 Å². The summed E-state index contributed by atoms with van der Waals surface area (Å²) >= 11 is 6.07. The Bertz CT molecular complexity index is 728. The molecule has 0 spiro atoms. The number of hydrogen-bond donors (Lipinski definition) is 0. The molecule has 0 bridgehead atoms. The van der Waals surface area contributed by atoms with Gasteiger partial charge in [-0.05, 0) is 35.7 Å². The van der Waals surface area contributed by atoms with Crippen LogP contribution in [0.3, 0.4) is 0 Å². The molecule has 0 saturated carbocycles. The van der Waals surface area contributed by atoms with Crippen LogP contribution < -0.4 is 0 Å². The minimum atomic E-state index is -0.627. The monoisotopic (exact) mass is 305 g/mol. The molecule has 2 aromatic carbocycles. The largest absolute Gasteiger partial charge is 0.465 e. The first kappa shape index (κ1) is 15.0. The van der Waals surface area contributed by atoms with Crippen LogP contribution in [0.15, 0.2) is 36.4 Å². The summed E-state index contributed by atoms with van der Waals surface area (Å²) in [6, 6.07) is 9.44. The number of ether oxygens (including phenoxy) is 1. The van der Waals surface area contributed by atoms with Crippen molar-refractivity contribution in [1.29, 1.82) is 0 Å². The first-order chi connectivity index (χ1) is 9.92. The summed E-state index contributed by atoms with van der Waals surface area (Å²) in [6.07, 6.45) is 0. The van der Waals surface area contributed by atoms with Gasteiger partial charge >= 0.3 is 5.97 Å². The van der Waals surface area contributed by atoms with Gasteiger partial charge in [-0.25, -0.2) is 4.79 Å². The Labute approximate surface area is 126 Å². The van der Waals surface area contributed by atoms with Crippen molar-refractivity contribution in [2.75, 3.05) is 7.11 Å². The number of rotatable bonds is 3. The average molecular weight is 306 g/mol. The first-order valence-electron chi connectivity index (χ1n) is 6.06. The van der Waals surface area contributed by atoms with Gasteiger partial charge in [0.25, 0.3) is 5.69 Å². The van der Waals surface area contributed by atoms with Crippen LogP contribution in [-0.2, 0) is 4.74 Å². The SMILES string of the molecule is COC(=O)c1cc(-c2ccc(C)c(Cl)c2)cc([N+](=O)[O-])c1. The highest BCUT2D eigenvalue weighted by Gasteiger charge is 2.16. The van der Waals surface area contributed by atoms with E-state index in [1.54, 1.807) is 18.2 Å². The van der Waals surface area contributed by atoms with Crippen LogP contribution in [0, 0.1) is 17.0 Å². The lowest BCUT2D eigenvalue weighted by Crippen LogP contribution is -2.02. The van der Waals surface area contributed by atoms with Crippen LogP contribution in [0.1, 0.15) is 15.9 Å². The third-order valence-corrected chi connectivity index (χ3v) is 3.46. The van der Waals surface area contributed by atoms with Crippen molar-refractivity contribution in [1.82, 2.24) is 0 Å². The number of carbonyl (C=O) groups is 1. The fraction of sp³-hybridized carbons (Fsp3) is 0.133. The second kappa shape index (κ2) is 5.93. The van der Waals surface area contributed by atoms with Crippen molar-refractivity contribution < 1.29 is 14.5 Å². The van der Waals surface area contributed by atoms with Crippen molar-refractivity contribution in [2.45, 2.75) is 6.92 Å². The zero-order chi connectivity index (χ0) is 15.6. The number of nitrogens with zero attached hydrogens (tertiary/aromatic N) is 1. The summed E-state index contributed by atoms with van der Waals surface area (Å²) in [7, 11) is 1.23. The van der Waals surface area contributed by atoms with Gasteiger partial charge in [0.2, 0.25) is 0 Å². The molecule has 0 atom stereocenters. The van der Waals surface area contributed by atoms with Crippen molar-refractivity contribution >= 4 is 23.3 Å². The second-order valence-electron chi connectivity index (χ2n) is 4.48. The predicted octanol–water partition coefficient (Wildman–Crippen LogP) is 4.01. The van der Waals surface area contributed by atoms with Gasteiger partial charge in [-0.2, -0.15) is 0 Å². The van der Waals surface area contributed by atoms with Crippen LogP contribution in [-0.4, -0.2) is 18.0 Å². The van der Waals surface area contributed by atoms with E-state index in [1.807, 2.05) is 13.0 Å². The van der Waals surface area contributed by atoms with Crippen molar-refractivity contribution in [2.24, 2.45) is 0 Å². The van der Waals surface area contributed by atoms with Gasteiger partial charge in [0.1, 0.15) is 0 Å². The fourth-order valence-corrected chi connectivity index (χ4v) is 2.07. The number of non-ortho nitro benzene ring substituents is 1. The molecule has 6 heteroatoms. The zero-order valence-corrected chi connectivity index (χ0v) is 12.2. The Morgan fingerprint density at radius 1 is 1.19 bits per heavy atom. The minimum Gasteiger partial charge on any atom is -0.465 e. The number of nitro benzene ring substituents is 1.